The van der Waals surface area contributed by atoms with Gasteiger partial charge < -0.3 is 5.73 Å². The van der Waals surface area contributed by atoms with Crippen molar-refractivity contribution in [1.82, 2.24) is 4.90 Å². The zero-order valence-corrected chi connectivity index (χ0v) is 13.7. The zero-order valence-electron chi connectivity index (χ0n) is 12.1. The Labute approximate surface area is 130 Å². The quantitative estimate of drug-likeness (QED) is 0.887. The maximum Gasteiger partial charge on any atom is 0.0566 e. The molecule has 0 saturated heterocycles. The number of hydrogen-bond acceptors (Lipinski definition) is 3. The van der Waals surface area contributed by atoms with Gasteiger partial charge in [-0.05, 0) is 50.7 Å². The Bertz CT molecular complexity index is 550. The van der Waals surface area contributed by atoms with Crippen LogP contribution in [0.25, 0.3) is 0 Å². The van der Waals surface area contributed by atoms with Gasteiger partial charge in [0.2, 0.25) is 0 Å². The maximum absolute atomic E-state index is 6.00. The van der Waals surface area contributed by atoms with Crippen molar-refractivity contribution in [3.63, 3.8) is 0 Å². The summed E-state index contributed by atoms with van der Waals surface area (Å²) >= 11 is 7.77. The number of benzene rings is 1. The van der Waals surface area contributed by atoms with Crippen molar-refractivity contribution in [2.24, 2.45) is 5.73 Å². The Morgan fingerprint density at radius 3 is 2.35 bits per heavy atom. The molecule has 1 heterocycles. The van der Waals surface area contributed by atoms with Crippen LogP contribution in [0.15, 0.2) is 36.4 Å². The molecule has 0 aliphatic heterocycles. The Balaban J connectivity index is 2.19. The van der Waals surface area contributed by atoms with Crippen LogP contribution in [0.3, 0.4) is 0 Å². The number of thiophene rings is 1. The molecule has 4 heteroatoms. The number of halogens is 1. The lowest BCUT2D eigenvalue weighted by Crippen LogP contribution is -2.32. The highest BCUT2D eigenvalue weighted by Crippen LogP contribution is 2.32. The summed E-state index contributed by atoms with van der Waals surface area (Å²) in [6, 6.07) is 12.9. The molecule has 1 aromatic heterocycles. The van der Waals surface area contributed by atoms with Gasteiger partial charge in [-0.2, -0.15) is 0 Å². The van der Waals surface area contributed by atoms with Crippen LogP contribution in [0, 0.1) is 6.92 Å². The first-order chi connectivity index (χ1) is 9.52. The summed E-state index contributed by atoms with van der Waals surface area (Å²) < 4.78 is 0. The molecule has 0 fully saturated rings. The summed E-state index contributed by atoms with van der Waals surface area (Å²) in [5.74, 6) is 0. The van der Waals surface area contributed by atoms with Gasteiger partial charge in [-0.25, -0.2) is 0 Å². The van der Waals surface area contributed by atoms with E-state index in [1.807, 2.05) is 23.5 Å². The zero-order chi connectivity index (χ0) is 14.7. The van der Waals surface area contributed by atoms with Crippen LogP contribution in [0.5, 0.6) is 0 Å². The fourth-order valence-electron chi connectivity index (χ4n) is 2.36. The molecule has 0 amide bonds. The topological polar surface area (TPSA) is 29.3 Å². The Morgan fingerprint density at radius 2 is 1.85 bits per heavy atom. The van der Waals surface area contributed by atoms with Crippen molar-refractivity contribution < 1.29 is 0 Å². The Kier molecular flexibility index (Phi) is 5.22. The van der Waals surface area contributed by atoms with E-state index in [1.54, 1.807) is 0 Å². The second-order valence-corrected chi connectivity index (χ2v) is 6.85. The van der Waals surface area contributed by atoms with Gasteiger partial charge in [0.05, 0.1) is 6.04 Å². The van der Waals surface area contributed by atoms with E-state index in [0.717, 1.165) is 5.02 Å². The molecule has 0 saturated carbocycles. The Hall–Kier alpha value is -0.870. The minimum atomic E-state index is 0.249. The maximum atomic E-state index is 6.00. The molecule has 0 aliphatic rings. The predicted molar refractivity (Wildman–Crippen MR) is 88.5 cm³/mol. The van der Waals surface area contributed by atoms with Crippen LogP contribution in [0.4, 0.5) is 0 Å². The number of hydrogen-bond donors (Lipinski definition) is 1. The molecule has 0 aliphatic carbocycles. The van der Waals surface area contributed by atoms with E-state index in [-0.39, 0.29) is 6.04 Å². The molecule has 0 radical (unpaired) electrons. The van der Waals surface area contributed by atoms with E-state index in [0.29, 0.717) is 12.6 Å². The van der Waals surface area contributed by atoms with Crippen LogP contribution >= 0.6 is 22.9 Å². The van der Waals surface area contributed by atoms with Crippen LogP contribution in [-0.4, -0.2) is 18.5 Å². The number of aryl methyl sites for hydroxylation is 1. The van der Waals surface area contributed by atoms with Crippen molar-refractivity contribution in [2.75, 3.05) is 13.6 Å². The predicted octanol–water partition coefficient (Wildman–Crippen LogP) is 4.40. The first-order valence-electron chi connectivity index (χ1n) is 6.76. The van der Waals surface area contributed by atoms with Gasteiger partial charge in [0, 0.05) is 27.4 Å². The number of nitrogens with zero attached hydrogens (tertiary/aromatic N) is 1. The van der Waals surface area contributed by atoms with Crippen LogP contribution in [0.2, 0.25) is 5.02 Å². The first-order valence-corrected chi connectivity index (χ1v) is 7.96. The smallest absolute Gasteiger partial charge is 0.0566 e. The molecule has 0 spiro atoms. The molecule has 2 rings (SSSR count). The molecule has 20 heavy (non-hydrogen) atoms. The summed E-state index contributed by atoms with van der Waals surface area (Å²) in [4.78, 5) is 4.98. The largest absolute Gasteiger partial charge is 0.329 e. The molecule has 108 valence electrons. The van der Waals surface area contributed by atoms with E-state index in [9.17, 15) is 0 Å². The SMILES string of the molecule is Cc1ccc(C(CN)N(C)C(C)c2ccc(Cl)cc2)s1. The number of nitrogens with two attached hydrogens (primary N) is 1. The highest BCUT2D eigenvalue weighted by molar-refractivity contribution is 7.12. The van der Waals surface area contributed by atoms with Crippen LogP contribution in [-0.2, 0) is 0 Å². The second-order valence-electron chi connectivity index (χ2n) is 5.09. The molecule has 1 aromatic carbocycles. The van der Waals surface area contributed by atoms with Crippen molar-refractivity contribution >= 4 is 22.9 Å². The number of likely N-dealkylation sites (N-methyl/N-ethyl adjacent to an activating group) is 1. The third kappa shape index (κ3) is 3.41. The minimum absolute atomic E-state index is 0.249. The van der Waals surface area contributed by atoms with Crippen molar-refractivity contribution in [3.8, 4) is 0 Å². The standard InChI is InChI=1S/C16H21ClN2S/c1-11-4-9-16(20-11)15(10-18)19(3)12(2)13-5-7-14(17)8-6-13/h4-9,12,15H,10,18H2,1-3H3. The van der Waals surface area contributed by atoms with E-state index in [4.69, 9.17) is 17.3 Å². The highest BCUT2D eigenvalue weighted by Gasteiger charge is 2.22. The van der Waals surface area contributed by atoms with Gasteiger partial charge in [-0.15, -0.1) is 11.3 Å². The summed E-state index contributed by atoms with van der Waals surface area (Å²) in [6.45, 7) is 4.95. The minimum Gasteiger partial charge on any atom is -0.329 e. The van der Waals surface area contributed by atoms with Crippen LogP contribution in [0.1, 0.15) is 34.3 Å². The molecule has 2 aromatic rings. The highest BCUT2D eigenvalue weighted by atomic mass is 35.5. The molecule has 2 atom stereocenters. The molecular formula is C16H21ClN2S. The first kappa shape index (κ1) is 15.5. The lowest BCUT2D eigenvalue weighted by atomic mass is 10.0. The average Bonchev–Trinajstić information content (AvgIpc) is 2.86. The molecule has 2 nitrogen and oxygen atoms in total. The van der Waals surface area contributed by atoms with Gasteiger partial charge >= 0.3 is 0 Å². The summed E-state index contributed by atoms with van der Waals surface area (Å²) in [7, 11) is 2.13. The van der Waals surface area contributed by atoms with E-state index in [2.05, 4.69) is 50.1 Å². The Morgan fingerprint density at radius 1 is 1.20 bits per heavy atom. The average molecular weight is 309 g/mol. The summed E-state index contributed by atoms with van der Waals surface area (Å²) in [5.41, 5.74) is 7.25. The van der Waals surface area contributed by atoms with Gasteiger partial charge in [-0.3, -0.25) is 4.90 Å². The third-order valence-corrected chi connectivity index (χ3v) is 5.12. The second kappa shape index (κ2) is 6.72. The summed E-state index contributed by atoms with van der Waals surface area (Å²) in [5, 5.41) is 0.771. The van der Waals surface area contributed by atoms with E-state index >= 15 is 0 Å². The van der Waals surface area contributed by atoms with E-state index in [1.165, 1.54) is 15.3 Å². The molecule has 0 bridgehead atoms. The molecular weight excluding hydrogens is 288 g/mol. The normalized spacial score (nSPS) is 14.5. The van der Waals surface area contributed by atoms with Crippen molar-refractivity contribution in [1.29, 1.82) is 0 Å². The van der Waals surface area contributed by atoms with Crippen LogP contribution < -0.4 is 5.73 Å². The third-order valence-electron chi connectivity index (χ3n) is 3.77. The van der Waals surface area contributed by atoms with Gasteiger partial charge in [-0.1, -0.05) is 23.7 Å². The fraction of sp³-hybridized carbons (Fsp3) is 0.375. The lowest BCUT2D eigenvalue weighted by Gasteiger charge is -2.32. The van der Waals surface area contributed by atoms with Crippen molar-refractivity contribution in [3.05, 3.63) is 56.7 Å². The van der Waals surface area contributed by atoms with E-state index < -0.39 is 0 Å². The van der Waals surface area contributed by atoms with Gasteiger partial charge in [0.25, 0.3) is 0 Å². The van der Waals surface area contributed by atoms with Gasteiger partial charge in [0.1, 0.15) is 0 Å². The molecule has 2 unspecified atom stereocenters. The number of rotatable bonds is 5. The monoisotopic (exact) mass is 308 g/mol. The van der Waals surface area contributed by atoms with Crippen molar-refractivity contribution in [2.45, 2.75) is 25.9 Å². The summed E-state index contributed by atoms with van der Waals surface area (Å²) in [6.07, 6.45) is 0. The fourth-order valence-corrected chi connectivity index (χ4v) is 3.53. The van der Waals surface area contributed by atoms with Gasteiger partial charge in [0.15, 0.2) is 0 Å². The molecule has 2 N–H and O–H groups in total. The lowest BCUT2D eigenvalue weighted by molar-refractivity contribution is 0.193.